The Hall–Kier alpha value is -3.49. The number of para-hydroxylation sites is 1. The molecule has 2 aliphatic rings. The molecule has 172 valence electrons. The Kier molecular flexibility index (Phi) is 5.93. The molecule has 1 aromatic heterocycles. The molecule has 0 radical (unpaired) electrons. The normalized spacial score (nSPS) is 23.6. The van der Waals surface area contributed by atoms with Gasteiger partial charge in [0.25, 0.3) is 0 Å². The van der Waals surface area contributed by atoms with Gasteiger partial charge in [0.05, 0.1) is 24.5 Å². The summed E-state index contributed by atoms with van der Waals surface area (Å²) in [6.07, 6.45) is 4.32. The first-order valence-corrected chi connectivity index (χ1v) is 12.0. The molecule has 2 aliphatic carbocycles. The van der Waals surface area contributed by atoms with Crippen molar-refractivity contribution in [3.05, 3.63) is 95.1 Å². The third-order valence-electron chi connectivity index (χ3n) is 7.46. The van der Waals surface area contributed by atoms with Crippen molar-refractivity contribution in [1.82, 2.24) is 9.55 Å². The molecule has 34 heavy (non-hydrogen) atoms. The van der Waals surface area contributed by atoms with Gasteiger partial charge in [0.2, 0.25) is 0 Å². The van der Waals surface area contributed by atoms with E-state index < -0.39 is 5.41 Å². The number of benzene rings is 2. The predicted molar refractivity (Wildman–Crippen MR) is 130 cm³/mol. The summed E-state index contributed by atoms with van der Waals surface area (Å²) in [7, 11) is 0. The number of ether oxygens (including phenoxy) is 1. The van der Waals surface area contributed by atoms with Gasteiger partial charge in [-0.15, -0.1) is 0 Å². The van der Waals surface area contributed by atoms with Crippen molar-refractivity contribution in [2.45, 2.75) is 45.1 Å². The zero-order chi connectivity index (χ0) is 23.7. The largest absolute Gasteiger partial charge is 0.376 e. The van der Waals surface area contributed by atoms with Crippen molar-refractivity contribution in [3.8, 4) is 11.8 Å². The smallest absolute Gasteiger partial charge is 0.176 e. The lowest BCUT2D eigenvalue weighted by molar-refractivity contribution is -0.121. The zero-order valence-corrected chi connectivity index (χ0v) is 19.7. The Labute approximate surface area is 200 Å². The number of aromatic nitrogens is 2. The number of hydrogen-bond donors (Lipinski definition) is 0. The number of rotatable bonds is 6. The first-order chi connectivity index (χ1) is 16.5. The second-order valence-electron chi connectivity index (χ2n) is 9.53. The Bertz CT molecular complexity index is 1270. The molecule has 0 N–H and O–H groups in total. The highest BCUT2D eigenvalue weighted by atomic mass is 16.5. The molecule has 0 fully saturated rings. The van der Waals surface area contributed by atoms with Gasteiger partial charge in [-0.05, 0) is 36.5 Å². The van der Waals surface area contributed by atoms with Crippen LogP contribution in [0.15, 0.2) is 72.3 Å². The Morgan fingerprint density at radius 3 is 2.56 bits per heavy atom. The predicted octanol–water partition coefficient (Wildman–Crippen LogP) is 5.12. The van der Waals surface area contributed by atoms with Gasteiger partial charge in [-0.25, -0.2) is 4.98 Å². The summed E-state index contributed by atoms with van der Waals surface area (Å²) in [5.74, 6) is 0.885. The van der Waals surface area contributed by atoms with Crippen LogP contribution in [-0.2, 0) is 34.4 Å². The first-order valence-electron chi connectivity index (χ1n) is 12.0. The van der Waals surface area contributed by atoms with Crippen LogP contribution in [0, 0.1) is 23.2 Å². The maximum absolute atomic E-state index is 12.7. The van der Waals surface area contributed by atoms with Crippen molar-refractivity contribution in [2.75, 3.05) is 6.61 Å². The van der Waals surface area contributed by atoms with E-state index in [0.717, 1.165) is 35.6 Å². The fourth-order valence-corrected chi connectivity index (χ4v) is 5.74. The number of Topliss-reactive ketones (excluding diaryl/α,β-unsaturated/α-hetero) is 1. The van der Waals surface area contributed by atoms with Gasteiger partial charge >= 0.3 is 0 Å². The van der Waals surface area contributed by atoms with Crippen molar-refractivity contribution in [2.24, 2.45) is 11.8 Å². The molecule has 2 aromatic carbocycles. The average molecular weight is 452 g/mol. The summed E-state index contributed by atoms with van der Waals surface area (Å²) < 4.78 is 8.26. The monoisotopic (exact) mass is 451 g/mol. The van der Waals surface area contributed by atoms with Crippen LogP contribution in [0.1, 0.15) is 43.0 Å². The molecule has 5 rings (SSSR count). The van der Waals surface area contributed by atoms with E-state index in [1.807, 2.05) is 49.4 Å². The number of imidazole rings is 1. The van der Waals surface area contributed by atoms with Gasteiger partial charge in [0.1, 0.15) is 11.9 Å². The lowest BCUT2D eigenvalue weighted by Crippen LogP contribution is -2.45. The lowest BCUT2D eigenvalue weighted by Gasteiger charge is -2.44. The molecule has 3 atom stereocenters. The quantitative estimate of drug-likeness (QED) is 0.488. The van der Waals surface area contributed by atoms with Crippen molar-refractivity contribution in [3.63, 3.8) is 0 Å². The molecule has 0 saturated carbocycles. The third kappa shape index (κ3) is 3.78. The maximum atomic E-state index is 12.7. The van der Waals surface area contributed by atoms with Crippen molar-refractivity contribution < 1.29 is 9.53 Å². The third-order valence-corrected chi connectivity index (χ3v) is 7.46. The number of carbonyl (C=O) groups excluding carboxylic acids is 1. The minimum atomic E-state index is -0.439. The van der Waals surface area contributed by atoms with Crippen LogP contribution < -0.4 is 0 Å². The zero-order valence-electron chi connectivity index (χ0n) is 19.7. The Morgan fingerprint density at radius 2 is 1.85 bits per heavy atom. The number of hydrogen-bond acceptors (Lipinski definition) is 4. The molecule has 1 unspecified atom stereocenters. The molecule has 0 spiro atoms. The van der Waals surface area contributed by atoms with E-state index in [4.69, 9.17) is 9.72 Å². The summed E-state index contributed by atoms with van der Waals surface area (Å²) in [6.45, 7) is 5.24. The lowest BCUT2D eigenvalue weighted by atomic mass is 9.58. The molecule has 0 aliphatic heterocycles. The first kappa shape index (κ1) is 22.3. The molecule has 0 saturated heterocycles. The maximum Gasteiger partial charge on any atom is 0.176 e. The van der Waals surface area contributed by atoms with Crippen LogP contribution >= 0.6 is 0 Å². The summed E-state index contributed by atoms with van der Waals surface area (Å²) in [4.78, 5) is 17.9. The van der Waals surface area contributed by atoms with Crippen molar-refractivity contribution in [1.29, 1.82) is 5.26 Å². The summed E-state index contributed by atoms with van der Waals surface area (Å²) in [5, 5.41) is 9.63. The summed E-state index contributed by atoms with van der Waals surface area (Å²) >= 11 is 0. The van der Waals surface area contributed by atoms with E-state index in [1.54, 1.807) is 0 Å². The second kappa shape index (κ2) is 9.04. The van der Waals surface area contributed by atoms with E-state index in [-0.39, 0.29) is 23.2 Å². The summed E-state index contributed by atoms with van der Waals surface area (Å²) in [6, 6.07) is 22.6. The minimum Gasteiger partial charge on any atom is -0.376 e. The highest BCUT2D eigenvalue weighted by molar-refractivity contribution is 6.02. The number of nitriles is 1. The fourth-order valence-electron chi connectivity index (χ4n) is 5.74. The van der Waals surface area contributed by atoms with Crippen molar-refractivity contribution >= 4 is 5.78 Å². The Morgan fingerprint density at radius 1 is 1.15 bits per heavy atom. The van der Waals surface area contributed by atoms with E-state index in [0.29, 0.717) is 19.6 Å². The summed E-state index contributed by atoms with van der Waals surface area (Å²) in [5.41, 5.74) is 4.24. The number of allylic oxidation sites excluding steroid dienone is 2. The highest BCUT2D eigenvalue weighted by Gasteiger charge is 2.50. The SMILES string of the molecule is C[C@@H]1C(=O)C(C#N)=C[C@]2(C)c3nc(CCOCc4ccccc4)n(-c4ccccc4)c3CCC12. The van der Waals surface area contributed by atoms with E-state index in [1.165, 1.54) is 5.69 Å². The molecule has 1 heterocycles. The standard InChI is InChI=1S/C29H29N3O2/c1-20-24-13-14-25-28(29(24,2)17-22(18-30)27(20)33)31-26(32(25)23-11-7-4-8-12-23)15-16-34-19-21-9-5-3-6-10-21/h3-12,17,20,24H,13-16,19H2,1-2H3/t20-,24?,29-/m0/s1. The molecule has 5 nitrogen and oxygen atoms in total. The topological polar surface area (TPSA) is 67.9 Å². The Balaban J connectivity index is 1.51. The number of nitrogens with zero attached hydrogens (tertiary/aromatic N) is 3. The molecular weight excluding hydrogens is 422 g/mol. The average Bonchev–Trinajstić information content (AvgIpc) is 3.25. The van der Waals surface area contributed by atoms with Crippen LogP contribution in [0.4, 0.5) is 0 Å². The highest BCUT2D eigenvalue weighted by Crippen LogP contribution is 2.50. The van der Waals surface area contributed by atoms with Gasteiger partial charge in [0.15, 0.2) is 5.78 Å². The minimum absolute atomic E-state index is 0.0366. The van der Waals surface area contributed by atoms with Gasteiger partial charge in [-0.3, -0.25) is 4.79 Å². The fraction of sp³-hybridized carbons (Fsp3) is 0.345. The molecule has 0 amide bonds. The van der Waals surface area contributed by atoms with Gasteiger partial charge in [-0.1, -0.05) is 68.5 Å². The molecular formula is C29H29N3O2. The van der Waals surface area contributed by atoms with Gasteiger partial charge in [-0.2, -0.15) is 5.26 Å². The van der Waals surface area contributed by atoms with Crippen LogP contribution in [0.3, 0.4) is 0 Å². The van der Waals surface area contributed by atoms with Crippen LogP contribution in [0.25, 0.3) is 5.69 Å². The molecule has 5 heteroatoms. The van der Waals surface area contributed by atoms with E-state index in [9.17, 15) is 10.1 Å². The van der Waals surface area contributed by atoms with Gasteiger partial charge in [0, 0.05) is 29.1 Å². The van der Waals surface area contributed by atoms with Crippen LogP contribution in [0.5, 0.6) is 0 Å². The number of carbonyl (C=O) groups is 1. The molecule has 0 bridgehead atoms. The number of ketones is 1. The van der Waals surface area contributed by atoms with Gasteiger partial charge < -0.3 is 9.30 Å². The second-order valence-corrected chi connectivity index (χ2v) is 9.53. The van der Waals surface area contributed by atoms with Crippen LogP contribution in [-0.4, -0.2) is 21.9 Å². The number of fused-ring (bicyclic) bond motifs is 3. The van der Waals surface area contributed by atoms with Crippen LogP contribution in [0.2, 0.25) is 0 Å². The molecule has 3 aromatic rings. The van der Waals surface area contributed by atoms with E-state index >= 15 is 0 Å². The van der Waals surface area contributed by atoms with E-state index in [2.05, 4.69) is 41.8 Å².